The van der Waals surface area contributed by atoms with Crippen molar-refractivity contribution in [3.63, 3.8) is 0 Å². The van der Waals surface area contributed by atoms with Crippen LogP contribution in [0, 0.1) is 30.1 Å². The third-order valence-electron chi connectivity index (χ3n) is 9.08. The average molecular weight is 406 g/mol. The average Bonchev–Trinajstić information content (AvgIpc) is 2.88. The molecule has 1 heteroatoms. The van der Waals surface area contributed by atoms with E-state index in [1.54, 1.807) is 22.3 Å². The minimum absolute atomic E-state index is 0.292. The van der Waals surface area contributed by atoms with Gasteiger partial charge in [0, 0.05) is 28.9 Å². The van der Waals surface area contributed by atoms with Gasteiger partial charge in [-0.1, -0.05) is 54.9 Å². The second-order valence-electron chi connectivity index (χ2n) is 11.0. The lowest BCUT2D eigenvalue weighted by atomic mass is 9.54. The van der Waals surface area contributed by atoms with Gasteiger partial charge in [-0.05, 0) is 97.4 Å². The van der Waals surface area contributed by atoms with Gasteiger partial charge in [0.25, 0.3) is 0 Å². The Morgan fingerprint density at radius 1 is 1.10 bits per heavy atom. The Morgan fingerprint density at radius 2 is 2.00 bits per heavy atom. The van der Waals surface area contributed by atoms with Crippen LogP contribution in [0.25, 0.3) is 0 Å². The van der Waals surface area contributed by atoms with E-state index in [9.17, 15) is 0 Å². The van der Waals surface area contributed by atoms with Gasteiger partial charge < -0.3 is 4.90 Å². The molecule has 0 aromatic heterocycles. The molecule has 0 radical (unpaired) electrons. The number of allylic oxidation sites excluding steroid dienone is 10. The minimum Gasteiger partial charge on any atom is -0.311 e. The van der Waals surface area contributed by atoms with Crippen molar-refractivity contribution >= 4 is 5.69 Å². The maximum Gasteiger partial charge on any atom is 0.0464 e. The van der Waals surface area contributed by atoms with E-state index in [1.165, 1.54) is 53.9 Å². The Hall–Kier alpha value is -2.54. The third-order valence-corrected chi connectivity index (χ3v) is 9.08. The van der Waals surface area contributed by atoms with Crippen molar-refractivity contribution in [2.75, 3.05) is 4.90 Å². The highest BCUT2D eigenvalue weighted by molar-refractivity contribution is 5.68. The number of benzene rings is 1. The first-order valence-electron chi connectivity index (χ1n) is 12.2. The lowest BCUT2D eigenvalue weighted by Gasteiger charge is -2.50. The maximum absolute atomic E-state index is 2.59. The third kappa shape index (κ3) is 2.44. The molecule has 0 N–H and O–H groups in total. The first kappa shape index (κ1) is 18.1. The zero-order valence-corrected chi connectivity index (χ0v) is 18.9. The molecule has 4 unspecified atom stereocenters. The van der Waals surface area contributed by atoms with E-state index >= 15 is 0 Å². The molecule has 0 amide bonds. The molecular formula is C30H31N. The quantitative estimate of drug-likeness (QED) is 0.436. The van der Waals surface area contributed by atoms with E-state index in [0.717, 1.165) is 6.42 Å². The van der Waals surface area contributed by atoms with Crippen LogP contribution in [0.2, 0.25) is 0 Å². The number of aryl methyl sites for hydroxylation is 1. The number of hydrogen-bond donors (Lipinski definition) is 0. The summed E-state index contributed by atoms with van der Waals surface area (Å²) in [6.07, 6.45) is 21.1. The summed E-state index contributed by atoms with van der Waals surface area (Å²) in [5, 5.41) is 0. The lowest BCUT2D eigenvalue weighted by molar-refractivity contribution is 0.205. The fraction of sp³-hybridized carbons (Fsp3) is 0.400. The number of nitrogens with zero attached hydrogens (tertiary/aromatic N) is 1. The van der Waals surface area contributed by atoms with Crippen molar-refractivity contribution in [1.82, 2.24) is 0 Å². The summed E-state index contributed by atoms with van der Waals surface area (Å²) in [7, 11) is 0. The monoisotopic (exact) mass is 405 g/mol. The van der Waals surface area contributed by atoms with E-state index < -0.39 is 0 Å². The number of hydrogen-bond acceptors (Lipinski definition) is 1. The molecule has 3 heterocycles. The first-order chi connectivity index (χ1) is 15.0. The van der Waals surface area contributed by atoms with E-state index in [4.69, 9.17) is 0 Å². The molecule has 1 saturated carbocycles. The molecule has 4 atom stereocenters. The topological polar surface area (TPSA) is 3.24 Å². The molecule has 7 aliphatic rings. The second-order valence-corrected chi connectivity index (χ2v) is 11.0. The lowest BCUT2D eigenvalue weighted by Crippen LogP contribution is -2.41. The van der Waals surface area contributed by atoms with Crippen molar-refractivity contribution in [3.8, 4) is 0 Å². The molecule has 7 bridgehead atoms. The van der Waals surface area contributed by atoms with Crippen molar-refractivity contribution in [2.24, 2.45) is 23.2 Å². The van der Waals surface area contributed by atoms with Gasteiger partial charge in [0.05, 0.1) is 0 Å². The van der Waals surface area contributed by atoms with Gasteiger partial charge in [0.2, 0.25) is 0 Å². The standard InChI is InChI=1S/C30H31N/c1-18-4-9-27-21-13-22-15-25-8-11-29-28(22)17-30(29,3)16-20-5-6-23(12-19(20)2)31(25)24(14-21)7-10-26(18)27/h5-8,10-12,14-15,18,21,28H,4,9,13,16-17H2,1-3H3. The zero-order chi connectivity index (χ0) is 20.9. The summed E-state index contributed by atoms with van der Waals surface area (Å²) in [6, 6.07) is 7.17. The van der Waals surface area contributed by atoms with E-state index in [0.29, 0.717) is 23.2 Å². The van der Waals surface area contributed by atoms with Crippen LogP contribution < -0.4 is 4.90 Å². The summed E-state index contributed by atoms with van der Waals surface area (Å²) in [5.41, 5.74) is 13.9. The molecule has 8 rings (SSSR count). The Bertz CT molecular complexity index is 1210. The van der Waals surface area contributed by atoms with Crippen LogP contribution in [0.15, 0.2) is 88.3 Å². The van der Waals surface area contributed by atoms with Gasteiger partial charge in [-0.2, -0.15) is 0 Å². The van der Waals surface area contributed by atoms with Crippen molar-refractivity contribution < 1.29 is 0 Å². The summed E-state index contributed by atoms with van der Waals surface area (Å²) < 4.78 is 0. The highest BCUT2D eigenvalue weighted by Gasteiger charge is 2.48. The van der Waals surface area contributed by atoms with Gasteiger partial charge in [-0.15, -0.1) is 0 Å². The maximum atomic E-state index is 2.59. The van der Waals surface area contributed by atoms with Gasteiger partial charge in [0.1, 0.15) is 0 Å². The van der Waals surface area contributed by atoms with Crippen LogP contribution in [-0.4, -0.2) is 0 Å². The second kappa shape index (κ2) is 6.03. The van der Waals surface area contributed by atoms with Crippen molar-refractivity contribution in [2.45, 2.75) is 52.9 Å². The summed E-state index contributed by atoms with van der Waals surface area (Å²) in [4.78, 5) is 2.52. The van der Waals surface area contributed by atoms with Crippen LogP contribution in [-0.2, 0) is 6.42 Å². The number of fused-ring (bicyclic) bond motifs is 5. The number of rotatable bonds is 0. The normalized spacial score (nSPS) is 34.5. The van der Waals surface area contributed by atoms with Crippen LogP contribution in [0.1, 0.15) is 50.7 Å². The first-order valence-corrected chi connectivity index (χ1v) is 12.2. The van der Waals surface area contributed by atoms with Crippen LogP contribution in [0.5, 0.6) is 0 Å². The van der Waals surface area contributed by atoms with Crippen LogP contribution in [0.3, 0.4) is 0 Å². The molecule has 4 aliphatic carbocycles. The van der Waals surface area contributed by atoms with Gasteiger partial charge in [-0.25, -0.2) is 0 Å². The predicted molar refractivity (Wildman–Crippen MR) is 129 cm³/mol. The molecule has 31 heavy (non-hydrogen) atoms. The fourth-order valence-corrected chi connectivity index (χ4v) is 7.31. The van der Waals surface area contributed by atoms with E-state index in [1.807, 2.05) is 0 Å². The molecule has 1 aromatic carbocycles. The minimum atomic E-state index is 0.292. The van der Waals surface area contributed by atoms with E-state index in [2.05, 4.69) is 80.3 Å². The fourth-order valence-electron chi connectivity index (χ4n) is 7.31. The molecule has 3 aliphatic heterocycles. The Morgan fingerprint density at radius 3 is 2.87 bits per heavy atom. The largest absolute Gasteiger partial charge is 0.311 e. The van der Waals surface area contributed by atoms with E-state index in [-0.39, 0.29) is 0 Å². The Labute approximate surface area is 186 Å². The molecule has 1 nitrogen and oxygen atoms in total. The van der Waals surface area contributed by atoms with Gasteiger partial charge >= 0.3 is 0 Å². The summed E-state index contributed by atoms with van der Waals surface area (Å²) in [6.45, 7) is 7.22. The van der Waals surface area contributed by atoms with Crippen LogP contribution in [0.4, 0.5) is 5.69 Å². The SMILES string of the molecule is Cc1cc2ccc1CC1(C)CC3C4=CC(=CC=C31)N2C1=CC(C4)C2=C(C=C1)C(C)CC2. The smallest absolute Gasteiger partial charge is 0.0464 e. The van der Waals surface area contributed by atoms with Gasteiger partial charge in [0.15, 0.2) is 0 Å². The molecule has 0 spiro atoms. The Balaban J connectivity index is 1.50. The highest BCUT2D eigenvalue weighted by atomic mass is 15.2. The molecular weight excluding hydrogens is 374 g/mol. The molecule has 0 saturated heterocycles. The van der Waals surface area contributed by atoms with Crippen molar-refractivity contribution in [1.29, 1.82) is 0 Å². The van der Waals surface area contributed by atoms with Crippen LogP contribution >= 0.6 is 0 Å². The Kier molecular flexibility index (Phi) is 3.52. The van der Waals surface area contributed by atoms with Gasteiger partial charge in [-0.3, -0.25) is 0 Å². The zero-order valence-electron chi connectivity index (χ0n) is 18.9. The summed E-state index contributed by atoms with van der Waals surface area (Å²) >= 11 is 0. The predicted octanol–water partition coefficient (Wildman–Crippen LogP) is 7.33. The summed E-state index contributed by atoms with van der Waals surface area (Å²) in [5.74, 6) is 1.86. The molecule has 1 aromatic rings. The highest BCUT2D eigenvalue weighted by Crippen LogP contribution is 2.59. The molecule has 156 valence electrons. The number of anilines is 1. The van der Waals surface area contributed by atoms with Crippen molar-refractivity contribution in [3.05, 3.63) is 99.5 Å². The molecule has 1 fully saturated rings.